The quantitative estimate of drug-likeness (QED) is 0.711. The molecule has 3 heterocycles. The Morgan fingerprint density at radius 2 is 1.72 bits per heavy atom. The van der Waals surface area contributed by atoms with Crippen LogP contribution in [0.5, 0.6) is 0 Å². The number of carbonyl (C=O) groups is 1. The molecule has 1 amide bonds. The van der Waals surface area contributed by atoms with Gasteiger partial charge in [0.2, 0.25) is 0 Å². The maximum atomic E-state index is 12.6. The van der Waals surface area contributed by atoms with E-state index < -0.39 is 0 Å². The number of hydrogen-bond acceptors (Lipinski definition) is 6. The summed E-state index contributed by atoms with van der Waals surface area (Å²) in [6.45, 7) is 2.95. The Hall–Kier alpha value is -3.29. The van der Waals surface area contributed by atoms with Gasteiger partial charge in [0.15, 0.2) is 11.5 Å². The van der Waals surface area contributed by atoms with Crippen molar-refractivity contribution in [3.8, 4) is 5.82 Å². The first-order valence-corrected chi connectivity index (χ1v) is 8.09. The van der Waals surface area contributed by atoms with E-state index in [9.17, 15) is 4.79 Å². The fraction of sp³-hybridized carbons (Fsp3) is 0.235. The lowest BCUT2D eigenvalue weighted by atomic mass is 10.2. The molecule has 126 valence electrons. The smallest absolute Gasteiger partial charge is 0.274 e. The Labute approximate surface area is 144 Å². The zero-order valence-corrected chi connectivity index (χ0v) is 13.6. The number of hydrogen-bond donors (Lipinski definition) is 0. The van der Waals surface area contributed by atoms with Gasteiger partial charge in [0.1, 0.15) is 12.7 Å². The lowest BCUT2D eigenvalue weighted by Gasteiger charge is -2.35. The van der Waals surface area contributed by atoms with E-state index in [1.54, 1.807) is 12.1 Å². The average molecular weight is 335 g/mol. The van der Waals surface area contributed by atoms with Gasteiger partial charge < -0.3 is 9.80 Å². The minimum atomic E-state index is -0.0923. The number of amides is 1. The molecule has 8 nitrogen and oxygen atoms in total. The number of benzene rings is 1. The molecule has 25 heavy (non-hydrogen) atoms. The summed E-state index contributed by atoms with van der Waals surface area (Å²) < 4.78 is 1.50. The maximum absolute atomic E-state index is 12.6. The second kappa shape index (κ2) is 6.68. The molecule has 1 aliphatic heterocycles. The van der Waals surface area contributed by atoms with E-state index in [0.29, 0.717) is 24.6 Å². The maximum Gasteiger partial charge on any atom is 0.274 e. The van der Waals surface area contributed by atoms with E-state index in [1.165, 1.54) is 23.0 Å². The minimum absolute atomic E-state index is 0.0923. The van der Waals surface area contributed by atoms with Crippen molar-refractivity contribution < 1.29 is 4.79 Å². The predicted octanol–water partition coefficient (Wildman–Crippen LogP) is 1.02. The van der Waals surface area contributed by atoms with Gasteiger partial charge >= 0.3 is 0 Å². The van der Waals surface area contributed by atoms with E-state index in [1.807, 2.05) is 23.1 Å². The lowest BCUT2D eigenvalue weighted by molar-refractivity contribution is 0.0739. The molecule has 0 spiro atoms. The van der Waals surface area contributed by atoms with E-state index in [2.05, 4.69) is 37.3 Å². The van der Waals surface area contributed by atoms with Crippen LogP contribution in [0.25, 0.3) is 5.82 Å². The van der Waals surface area contributed by atoms with E-state index in [4.69, 9.17) is 0 Å². The predicted molar refractivity (Wildman–Crippen MR) is 91.5 cm³/mol. The summed E-state index contributed by atoms with van der Waals surface area (Å²) >= 11 is 0. The van der Waals surface area contributed by atoms with Gasteiger partial charge in [0, 0.05) is 31.9 Å². The van der Waals surface area contributed by atoms with Crippen molar-refractivity contribution >= 4 is 11.6 Å². The van der Waals surface area contributed by atoms with Crippen LogP contribution < -0.4 is 4.90 Å². The molecule has 8 heteroatoms. The fourth-order valence-electron chi connectivity index (χ4n) is 2.86. The summed E-state index contributed by atoms with van der Waals surface area (Å²) in [6.07, 6.45) is 2.96. The first-order chi connectivity index (χ1) is 12.3. The Bertz CT molecular complexity index is 825. The summed E-state index contributed by atoms with van der Waals surface area (Å²) in [5.74, 6) is 0.438. The van der Waals surface area contributed by atoms with Gasteiger partial charge in [-0.2, -0.15) is 5.10 Å². The van der Waals surface area contributed by atoms with Gasteiger partial charge in [0.05, 0.1) is 0 Å². The van der Waals surface area contributed by atoms with Gasteiger partial charge in [-0.1, -0.05) is 18.2 Å². The SMILES string of the molecule is O=C(c1ccc(-n2cncn2)nn1)N1CCN(c2ccccc2)CC1. The minimum Gasteiger partial charge on any atom is -0.368 e. The highest BCUT2D eigenvalue weighted by Crippen LogP contribution is 2.16. The average Bonchev–Trinajstić information content (AvgIpc) is 3.23. The van der Waals surface area contributed by atoms with Crippen LogP contribution >= 0.6 is 0 Å². The summed E-state index contributed by atoms with van der Waals surface area (Å²) in [5, 5.41) is 12.1. The molecule has 1 saturated heterocycles. The van der Waals surface area contributed by atoms with Crippen LogP contribution in [0.4, 0.5) is 5.69 Å². The normalized spacial score (nSPS) is 14.6. The van der Waals surface area contributed by atoms with Gasteiger partial charge in [-0.25, -0.2) is 9.67 Å². The van der Waals surface area contributed by atoms with Crippen molar-refractivity contribution in [1.29, 1.82) is 0 Å². The second-order valence-corrected chi connectivity index (χ2v) is 5.73. The molecule has 1 aliphatic rings. The van der Waals surface area contributed by atoms with Crippen molar-refractivity contribution in [3.63, 3.8) is 0 Å². The molecule has 0 bridgehead atoms. The van der Waals surface area contributed by atoms with Crippen molar-refractivity contribution in [1.82, 2.24) is 29.9 Å². The number of piperazine rings is 1. The van der Waals surface area contributed by atoms with Crippen LogP contribution in [0.3, 0.4) is 0 Å². The number of anilines is 1. The monoisotopic (exact) mass is 335 g/mol. The first kappa shape index (κ1) is 15.3. The third kappa shape index (κ3) is 3.18. The molecule has 0 N–H and O–H groups in total. The van der Waals surface area contributed by atoms with Crippen molar-refractivity contribution in [2.24, 2.45) is 0 Å². The van der Waals surface area contributed by atoms with Crippen LogP contribution in [0.1, 0.15) is 10.5 Å². The summed E-state index contributed by atoms with van der Waals surface area (Å²) in [7, 11) is 0. The highest BCUT2D eigenvalue weighted by Gasteiger charge is 2.23. The summed E-state index contributed by atoms with van der Waals surface area (Å²) in [6, 6.07) is 13.6. The third-order valence-electron chi connectivity index (χ3n) is 4.21. The lowest BCUT2D eigenvalue weighted by Crippen LogP contribution is -2.49. The van der Waals surface area contributed by atoms with Crippen LogP contribution in [0.2, 0.25) is 0 Å². The first-order valence-electron chi connectivity index (χ1n) is 8.09. The molecule has 4 rings (SSSR count). The topological polar surface area (TPSA) is 80.0 Å². The molecule has 1 fully saturated rings. The van der Waals surface area contributed by atoms with Gasteiger partial charge in [-0.3, -0.25) is 4.79 Å². The molecule has 3 aromatic rings. The van der Waals surface area contributed by atoms with Crippen LogP contribution in [-0.2, 0) is 0 Å². The molecule has 2 aromatic heterocycles. The molecule has 0 radical (unpaired) electrons. The number of rotatable bonds is 3. The second-order valence-electron chi connectivity index (χ2n) is 5.73. The van der Waals surface area contributed by atoms with E-state index in [-0.39, 0.29) is 5.91 Å². The molecular weight excluding hydrogens is 318 g/mol. The van der Waals surface area contributed by atoms with Gasteiger partial charge in [-0.05, 0) is 24.3 Å². The largest absolute Gasteiger partial charge is 0.368 e. The van der Waals surface area contributed by atoms with Crippen LogP contribution in [0.15, 0.2) is 55.1 Å². The van der Waals surface area contributed by atoms with Crippen molar-refractivity contribution in [3.05, 3.63) is 60.8 Å². The van der Waals surface area contributed by atoms with Gasteiger partial charge in [-0.15, -0.1) is 10.2 Å². The van der Waals surface area contributed by atoms with Crippen molar-refractivity contribution in [2.75, 3.05) is 31.1 Å². The number of carbonyl (C=O) groups excluding carboxylic acids is 1. The highest BCUT2D eigenvalue weighted by molar-refractivity contribution is 5.92. The van der Waals surface area contributed by atoms with Crippen LogP contribution in [-0.4, -0.2) is 61.9 Å². The molecule has 0 unspecified atom stereocenters. The fourth-order valence-corrected chi connectivity index (χ4v) is 2.86. The van der Waals surface area contributed by atoms with Gasteiger partial charge in [0.25, 0.3) is 5.91 Å². The van der Waals surface area contributed by atoms with E-state index >= 15 is 0 Å². The van der Waals surface area contributed by atoms with Crippen LogP contribution in [0, 0.1) is 0 Å². The summed E-state index contributed by atoms with van der Waals surface area (Å²) in [4.78, 5) is 20.6. The summed E-state index contributed by atoms with van der Waals surface area (Å²) in [5.41, 5.74) is 1.53. The van der Waals surface area contributed by atoms with Crippen molar-refractivity contribution in [2.45, 2.75) is 0 Å². The molecule has 0 saturated carbocycles. The van der Waals surface area contributed by atoms with E-state index in [0.717, 1.165) is 13.1 Å². The molecular formula is C17H17N7O. The number of nitrogens with zero attached hydrogens (tertiary/aromatic N) is 7. The Morgan fingerprint density at radius 1 is 0.920 bits per heavy atom. The molecule has 1 aromatic carbocycles. The zero-order valence-electron chi connectivity index (χ0n) is 13.6. The standard InChI is InChI=1S/C17H17N7O/c25-17(15-6-7-16(21-20-15)24-13-18-12-19-24)23-10-8-22(9-11-23)14-4-2-1-3-5-14/h1-7,12-13H,8-11H2. The number of aromatic nitrogens is 5. The molecule has 0 atom stereocenters. The number of para-hydroxylation sites is 1. The Kier molecular flexibility index (Phi) is 4.07. The zero-order chi connectivity index (χ0) is 17.1. The Morgan fingerprint density at radius 3 is 2.36 bits per heavy atom. The molecule has 0 aliphatic carbocycles. The highest BCUT2D eigenvalue weighted by atomic mass is 16.2. The Balaban J connectivity index is 1.40. The third-order valence-corrected chi connectivity index (χ3v) is 4.21.